The van der Waals surface area contributed by atoms with Crippen LogP contribution in [0.2, 0.25) is 0 Å². The molecule has 0 aliphatic heterocycles. The lowest BCUT2D eigenvalue weighted by Crippen LogP contribution is -1.95. The van der Waals surface area contributed by atoms with E-state index in [1.54, 1.807) is 18.3 Å². The number of aryl methyl sites for hydroxylation is 2. The van der Waals surface area contributed by atoms with Crippen molar-refractivity contribution in [3.05, 3.63) is 75.5 Å². The van der Waals surface area contributed by atoms with Crippen molar-refractivity contribution in [3.8, 4) is 0 Å². The molecule has 0 saturated carbocycles. The van der Waals surface area contributed by atoms with Crippen molar-refractivity contribution in [2.24, 2.45) is 5.10 Å². The first-order valence-electron chi connectivity index (χ1n) is 7.44. The molecule has 0 aliphatic carbocycles. The first-order chi connectivity index (χ1) is 11.5. The van der Waals surface area contributed by atoms with Gasteiger partial charge in [0, 0.05) is 23.2 Å². The van der Waals surface area contributed by atoms with Crippen molar-refractivity contribution in [1.82, 2.24) is 4.98 Å². The van der Waals surface area contributed by atoms with E-state index in [9.17, 15) is 10.1 Å². The molecule has 1 heterocycles. The third kappa shape index (κ3) is 3.38. The predicted molar refractivity (Wildman–Crippen MR) is 95.5 cm³/mol. The molecule has 0 aliphatic rings. The summed E-state index contributed by atoms with van der Waals surface area (Å²) in [6.45, 7) is 3.97. The van der Waals surface area contributed by atoms with E-state index in [0.29, 0.717) is 0 Å². The lowest BCUT2D eigenvalue weighted by molar-refractivity contribution is -0.384. The zero-order valence-electron chi connectivity index (χ0n) is 13.4. The molecule has 6 nitrogen and oxygen atoms in total. The second kappa shape index (κ2) is 6.45. The number of aromatic nitrogens is 1. The first kappa shape index (κ1) is 15.6. The summed E-state index contributed by atoms with van der Waals surface area (Å²) in [5.41, 5.74) is 7.71. The Bertz CT molecular complexity index is 934. The van der Waals surface area contributed by atoms with Crippen LogP contribution in [0, 0.1) is 24.0 Å². The summed E-state index contributed by atoms with van der Waals surface area (Å²) in [7, 11) is 0. The first-order valence-corrected chi connectivity index (χ1v) is 7.44. The van der Waals surface area contributed by atoms with Gasteiger partial charge in [0.1, 0.15) is 0 Å². The van der Waals surface area contributed by atoms with Crippen LogP contribution in [0.15, 0.2) is 53.6 Å². The van der Waals surface area contributed by atoms with E-state index >= 15 is 0 Å². The number of nitrogens with zero attached hydrogens (tertiary/aromatic N) is 3. The molecule has 0 amide bonds. The molecule has 6 heteroatoms. The second-order valence-corrected chi connectivity index (χ2v) is 5.55. The van der Waals surface area contributed by atoms with Gasteiger partial charge in [-0.05, 0) is 49.7 Å². The highest BCUT2D eigenvalue weighted by atomic mass is 16.6. The van der Waals surface area contributed by atoms with E-state index in [1.165, 1.54) is 12.1 Å². The van der Waals surface area contributed by atoms with Crippen LogP contribution in [0.1, 0.15) is 16.8 Å². The van der Waals surface area contributed by atoms with Crippen LogP contribution in [-0.4, -0.2) is 16.1 Å². The summed E-state index contributed by atoms with van der Waals surface area (Å²) in [4.78, 5) is 14.7. The Labute approximate surface area is 139 Å². The Hall–Kier alpha value is -3.28. The van der Waals surface area contributed by atoms with Crippen LogP contribution in [0.5, 0.6) is 0 Å². The van der Waals surface area contributed by atoms with Crippen LogP contribution in [-0.2, 0) is 0 Å². The number of hydrogen-bond acceptors (Lipinski definition) is 5. The lowest BCUT2D eigenvalue weighted by Gasteiger charge is -2.08. The third-order valence-electron chi connectivity index (χ3n) is 3.59. The number of benzene rings is 2. The highest BCUT2D eigenvalue weighted by Gasteiger charge is 2.04. The average molecular weight is 320 g/mol. The summed E-state index contributed by atoms with van der Waals surface area (Å²) in [5, 5.41) is 15.9. The van der Waals surface area contributed by atoms with E-state index in [2.05, 4.69) is 21.6 Å². The molecule has 24 heavy (non-hydrogen) atoms. The van der Waals surface area contributed by atoms with Gasteiger partial charge in [0.25, 0.3) is 5.69 Å². The lowest BCUT2D eigenvalue weighted by atomic mass is 10.1. The van der Waals surface area contributed by atoms with E-state index in [4.69, 9.17) is 0 Å². The van der Waals surface area contributed by atoms with Crippen LogP contribution >= 0.6 is 0 Å². The number of nitro benzene ring substituents is 1. The van der Waals surface area contributed by atoms with Crippen molar-refractivity contribution < 1.29 is 4.92 Å². The fourth-order valence-electron chi connectivity index (χ4n) is 2.42. The number of hydrogen-bond donors (Lipinski definition) is 1. The van der Waals surface area contributed by atoms with E-state index in [1.807, 2.05) is 32.0 Å². The minimum Gasteiger partial charge on any atom is -0.278 e. The minimum absolute atomic E-state index is 0.0614. The van der Waals surface area contributed by atoms with E-state index in [-0.39, 0.29) is 5.69 Å². The third-order valence-corrected chi connectivity index (χ3v) is 3.59. The topological polar surface area (TPSA) is 80.4 Å². The van der Waals surface area contributed by atoms with Crippen molar-refractivity contribution in [2.75, 3.05) is 5.43 Å². The molecule has 120 valence electrons. The molecule has 0 fully saturated rings. The Kier molecular flexibility index (Phi) is 4.20. The van der Waals surface area contributed by atoms with Crippen molar-refractivity contribution in [3.63, 3.8) is 0 Å². The van der Waals surface area contributed by atoms with Crippen molar-refractivity contribution in [2.45, 2.75) is 13.8 Å². The van der Waals surface area contributed by atoms with Crippen LogP contribution in [0.25, 0.3) is 10.9 Å². The molecule has 3 rings (SSSR count). The molecule has 0 bridgehead atoms. The molecule has 0 radical (unpaired) electrons. The summed E-state index contributed by atoms with van der Waals surface area (Å²) in [6, 6.07) is 14.2. The van der Waals surface area contributed by atoms with Gasteiger partial charge in [0.15, 0.2) is 0 Å². The molecule has 0 unspecified atom stereocenters. The van der Waals surface area contributed by atoms with Crippen molar-refractivity contribution in [1.29, 1.82) is 0 Å². The highest BCUT2D eigenvalue weighted by Crippen LogP contribution is 2.24. The number of rotatable bonds is 4. The second-order valence-electron chi connectivity index (χ2n) is 5.55. The zero-order valence-corrected chi connectivity index (χ0v) is 13.4. The molecule has 2 aromatic carbocycles. The zero-order chi connectivity index (χ0) is 17.1. The fourth-order valence-corrected chi connectivity index (χ4v) is 2.42. The van der Waals surface area contributed by atoms with Gasteiger partial charge < -0.3 is 0 Å². The standard InChI is InChI=1S/C18H16N4O2/c1-12-3-8-17-16(9-12)18(10-13(2)20-17)21-19-11-14-4-6-15(7-5-14)22(23)24/h3-11H,1-2H3,(H,20,21). The molecule has 1 N–H and O–H groups in total. The monoisotopic (exact) mass is 320 g/mol. The maximum atomic E-state index is 10.6. The van der Waals surface area contributed by atoms with Crippen molar-refractivity contribution >= 4 is 28.5 Å². The largest absolute Gasteiger partial charge is 0.278 e. The molecular formula is C18H16N4O2. The number of hydrazone groups is 1. The quantitative estimate of drug-likeness (QED) is 0.443. The highest BCUT2D eigenvalue weighted by molar-refractivity contribution is 5.92. The summed E-state index contributed by atoms with van der Waals surface area (Å²) >= 11 is 0. The summed E-state index contributed by atoms with van der Waals surface area (Å²) in [6.07, 6.45) is 1.63. The SMILES string of the molecule is Cc1ccc2nc(C)cc(NN=Cc3ccc([N+](=O)[O-])cc3)c2c1. The van der Waals surface area contributed by atoms with Crippen LogP contribution < -0.4 is 5.43 Å². The number of nitro groups is 1. The Balaban J connectivity index is 1.84. The normalized spacial score (nSPS) is 11.1. The molecule has 3 aromatic rings. The Morgan fingerprint density at radius 1 is 1.12 bits per heavy atom. The maximum absolute atomic E-state index is 10.6. The summed E-state index contributed by atoms with van der Waals surface area (Å²) < 4.78 is 0. The number of fused-ring (bicyclic) bond motifs is 1. The molecule has 0 saturated heterocycles. The minimum atomic E-state index is -0.423. The van der Waals surface area contributed by atoms with Crippen LogP contribution in [0.3, 0.4) is 0 Å². The molecule has 0 spiro atoms. The molecule has 1 aromatic heterocycles. The van der Waals surface area contributed by atoms with E-state index in [0.717, 1.165) is 33.4 Å². The van der Waals surface area contributed by atoms with Gasteiger partial charge in [-0.1, -0.05) is 11.6 Å². The number of anilines is 1. The average Bonchev–Trinajstić information content (AvgIpc) is 2.56. The molecular weight excluding hydrogens is 304 g/mol. The van der Waals surface area contributed by atoms with E-state index < -0.39 is 4.92 Å². The summed E-state index contributed by atoms with van der Waals surface area (Å²) in [5.74, 6) is 0. The smallest absolute Gasteiger partial charge is 0.269 e. The number of non-ortho nitro benzene ring substituents is 1. The van der Waals surface area contributed by atoms with Gasteiger partial charge >= 0.3 is 0 Å². The van der Waals surface area contributed by atoms with Gasteiger partial charge in [-0.25, -0.2) is 0 Å². The number of nitrogens with one attached hydrogen (secondary N) is 1. The van der Waals surface area contributed by atoms with Gasteiger partial charge in [-0.2, -0.15) is 5.10 Å². The van der Waals surface area contributed by atoms with Crippen LogP contribution in [0.4, 0.5) is 11.4 Å². The Morgan fingerprint density at radius 3 is 2.58 bits per heavy atom. The Morgan fingerprint density at radius 2 is 1.88 bits per heavy atom. The number of pyridine rings is 1. The predicted octanol–water partition coefficient (Wildman–Crippen LogP) is 4.21. The van der Waals surface area contributed by atoms with Gasteiger partial charge in [-0.3, -0.25) is 20.5 Å². The maximum Gasteiger partial charge on any atom is 0.269 e. The van der Waals surface area contributed by atoms with Gasteiger partial charge in [-0.15, -0.1) is 0 Å². The van der Waals surface area contributed by atoms with Gasteiger partial charge in [0.2, 0.25) is 0 Å². The van der Waals surface area contributed by atoms with Gasteiger partial charge in [0.05, 0.1) is 22.3 Å². The fraction of sp³-hybridized carbons (Fsp3) is 0.111. The molecule has 0 atom stereocenters.